The Morgan fingerprint density at radius 1 is 0.800 bits per heavy atom. The van der Waals surface area contributed by atoms with Gasteiger partial charge in [0.15, 0.2) is 0 Å². The fourth-order valence-electron chi connectivity index (χ4n) is 2.06. The van der Waals surface area contributed by atoms with Crippen LogP contribution < -0.4 is 0 Å². The molecule has 0 aromatic carbocycles. The van der Waals surface area contributed by atoms with Crippen molar-refractivity contribution in [3.63, 3.8) is 0 Å². The Balaban J connectivity index is 3.11. The summed E-state index contributed by atoms with van der Waals surface area (Å²) in [6, 6.07) is 0. The van der Waals surface area contributed by atoms with Crippen molar-refractivity contribution >= 4 is 5.97 Å². The van der Waals surface area contributed by atoms with E-state index in [0.717, 1.165) is 25.7 Å². The van der Waals surface area contributed by atoms with Gasteiger partial charge >= 0.3 is 5.97 Å². The summed E-state index contributed by atoms with van der Waals surface area (Å²) < 4.78 is 4.86. The lowest BCUT2D eigenvalue weighted by molar-refractivity contribution is -0.141. The molecular weight excluding hydrogens is 248 g/mol. The van der Waals surface area contributed by atoms with Crippen LogP contribution in [0.25, 0.3) is 0 Å². The van der Waals surface area contributed by atoms with E-state index in [4.69, 9.17) is 4.74 Å². The summed E-state index contributed by atoms with van der Waals surface area (Å²) in [5, 5.41) is 0. The third-order valence-electron chi connectivity index (χ3n) is 3.28. The molecule has 0 bridgehead atoms. The Labute approximate surface area is 125 Å². The van der Waals surface area contributed by atoms with Crippen molar-refractivity contribution in [1.29, 1.82) is 0 Å². The molecule has 0 aliphatic carbocycles. The van der Waals surface area contributed by atoms with Gasteiger partial charge in [-0.1, -0.05) is 51.9 Å². The molecule has 0 radical (unpaired) electrons. The molecule has 2 heteroatoms. The zero-order chi connectivity index (χ0) is 14.9. The van der Waals surface area contributed by atoms with E-state index in [0.29, 0.717) is 6.61 Å². The number of ether oxygens (including phenoxy) is 1. The van der Waals surface area contributed by atoms with Gasteiger partial charge in [0.1, 0.15) is 0 Å². The van der Waals surface area contributed by atoms with Crippen molar-refractivity contribution in [1.82, 2.24) is 0 Å². The first-order chi connectivity index (χ1) is 9.77. The number of rotatable bonds is 12. The number of esters is 1. The molecule has 116 valence electrons. The van der Waals surface area contributed by atoms with Crippen LogP contribution in [0, 0.1) is 11.8 Å². The summed E-state index contributed by atoms with van der Waals surface area (Å²) >= 11 is 0. The standard InChI is InChI=1S/C18H32O2/c1-3-4-5-6-7-8-9-10-11-12-13-14-15-16-17-20-18(2)19/h3-11,14-17H2,1-2H3. The van der Waals surface area contributed by atoms with E-state index in [2.05, 4.69) is 18.8 Å². The quantitative estimate of drug-likeness (QED) is 0.277. The summed E-state index contributed by atoms with van der Waals surface area (Å²) in [7, 11) is 0. The maximum atomic E-state index is 10.5. The van der Waals surface area contributed by atoms with Crippen molar-refractivity contribution in [3.8, 4) is 11.8 Å². The Morgan fingerprint density at radius 2 is 1.30 bits per heavy atom. The number of carbonyl (C=O) groups excluding carboxylic acids is 1. The normalized spacial score (nSPS) is 9.90. The van der Waals surface area contributed by atoms with Gasteiger partial charge in [-0.15, -0.1) is 11.8 Å². The van der Waals surface area contributed by atoms with Gasteiger partial charge in [0.25, 0.3) is 0 Å². The molecule has 0 aromatic rings. The summed E-state index contributed by atoms with van der Waals surface area (Å²) in [5.74, 6) is 6.25. The molecule has 0 amide bonds. The lowest BCUT2D eigenvalue weighted by Crippen LogP contribution is -1.99. The van der Waals surface area contributed by atoms with Crippen molar-refractivity contribution in [2.75, 3.05) is 6.61 Å². The lowest BCUT2D eigenvalue weighted by Gasteiger charge is -1.99. The monoisotopic (exact) mass is 280 g/mol. The Morgan fingerprint density at radius 3 is 1.85 bits per heavy atom. The van der Waals surface area contributed by atoms with Crippen LogP contribution in [-0.4, -0.2) is 12.6 Å². The summed E-state index contributed by atoms with van der Waals surface area (Å²) in [4.78, 5) is 10.5. The van der Waals surface area contributed by atoms with Crippen LogP contribution in [0.3, 0.4) is 0 Å². The van der Waals surface area contributed by atoms with Crippen LogP contribution in [0.2, 0.25) is 0 Å². The highest BCUT2D eigenvalue weighted by molar-refractivity contribution is 5.65. The van der Waals surface area contributed by atoms with Crippen LogP contribution in [0.15, 0.2) is 0 Å². The van der Waals surface area contributed by atoms with Gasteiger partial charge in [-0.3, -0.25) is 4.79 Å². The van der Waals surface area contributed by atoms with Crippen molar-refractivity contribution in [2.45, 2.75) is 90.9 Å². The van der Waals surface area contributed by atoms with Gasteiger partial charge < -0.3 is 4.74 Å². The molecule has 0 aliphatic rings. The van der Waals surface area contributed by atoms with Gasteiger partial charge in [-0.05, 0) is 19.3 Å². The minimum atomic E-state index is -0.189. The van der Waals surface area contributed by atoms with E-state index in [-0.39, 0.29) is 5.97 Å². The van der Waals surface area contributed by atoms with E-state index >= 15 is 0 Å². The zero-order valence-electron chi connectivity index (χ0n) is 13.5. The Kier molecular flexibility index (Phi) is 15.3. The number of carbonyl (C=O) groups is 1. The van der Waals surface area contributed by atoms with Crippen molar-refractivity contribution in [2.24, 2.45) is 0 Å². The third kappa shape index (κ3) is 17.0. The van der Waals surface area contributed by atoms with Crippen LogP contribution in [-0.2, 0) is 9.53 Å². The second-order valence-electron chi connectivity index (χ2n) is 5.38. The molecule has 0 spiro atoms. The van der Waals surface area contributed by atoms with E-state index in [9.17, 15) is 4.79 Å². The predicted octanol–water partition coefficient (Wildman–Crippen LogP) is 5.25. The molecule has 0 aromatic heterocycles. The molecule has 0 N–H and O–H groups in total. The topological polar surface area (TPSA) is 26.3 Å². The Bertz CT molecular complexity index is 273. The molecule has 0 atom stereocenters. The van der Waals surface area contributed by atoms with Crippen LogP contribution >= 0.6 is 0 Å². The smallest absolute Gasteiger partial charge is 0.302 e. The summed E-state index contributed by atoms with van der Waals surface area (Å²) in [6.07, 6.45) is 14.8. The first-order valence-corrected chi connectivity index (χ1v) is 8.36. The number of unbranched alkanes of at least 4 members (excludes halogenated alkanes) is 10. The molecule has 0 aliphatic heterocycles. The van der Waals surface area contributed by atoms with E-state index in [1.54, 1.807) is 0 Å². The van der Waals surface area contributed by atoms with Gasteiger partial charge in [0.2, 0.25) is 0 Å². The third-order valence-corrected chi connectivity index (χ3v) is 3.28. The first kappa shape index (κ1) is 19.0. The largest absolute Gasteiger partial charge is 0.466 e. The molecule has 0 rings (SSSR count). The fraction of sp³-hybridized carbons (Fsp3) is 0.833. The maximum Gasteiger partial charge on any atom is 0.302 e. The van der Waals surface area contributed by atoms with Gasteiger partial charge in [-0.2, -0.15) is 0 Å². The number of hydrogen-bond donors (Lipinski definition) is 0. The second kappa shape index (κ2) is 16.1. The molecule has 0 unspecified atom stereocenters. The average molecular weight is 280 g/mol. The minimum Gasteiger partial charge on any atom is -0.466 e. The molecule has 0 saturated carbocycles. The van der Waals surface area contributed by atoms with Gasteiger partial charge in [0, 0.05) is 19.8 Å². The fourth-order valence-corrected chi connectivity index (χ4v) is 2.06. The zero-order valence-corrected chi connectivity index (χ0v) is 13.5. The molecule has 0 fully saturated rings. The molecule has 0 heterocycles. The molecule has 2 nitrogen and oxygen atoms in total. The first-order valence-electron chi connectivity index (χ1n) is 8.36. The molecular formula is C18H32O2. The van der Waals surface area contributed by atoms with E-state index in [1.165, 1.54) is 58.3 Å². The highest BCUT2D eigenvalue weighted by Gasteiger charge is 1.92. The SMILES string of the molecule is CCCCCCCCCCC#CCCCCOC(C)=O. The van der Waals surface area contributed by atoms with E-state index in [1.807, 2.05) is 0 Å². The molecule has 0 saturated heterocycles. The van der Waals surface area contributed by atoms with Crippen molar-refractivity contribution < 1.29 is 9.53 Å². The van der Waals surface area contributed by atoms with Gasteiger partial charge in [-0.25, -0.2) is 0 Å². The summed E-state index contributed by atoms with van der Waals surface area (Å²) in [6.45, 7) is 4.24. The average Bonchev–Trinajstić information content (AvgIpc) is 2.43. The van der Waals surface area contributed by atoms with Crippen LogP contribution in [0.1, 0.15) is 90.9 Å². The lowest BCUT2D eigenvalue weighted by atomic mass is 10.1. The predicted molar refractivity (Wildman–Crippen MR) is 85.5 cm³/mol. The van der Waals surface area contributed by atoms with Crippen LogP contribution in [0.4, 0.5) is 0 Å². The van der Waals surface area contributed by atoms with Crippen molar-refractivity contribution in [3.05, 3.63) is 0 Å². The maximum absolute atomic E-state index is 10.5. The highest BCUT2D eigenvalue weighted by atomic mass is 16.5. The second-order valence-corrected chi connectivity index (χ2v) is 5.38. The minimum absolute atomic E-state index is 0.189. The Hall–Kier alpha value is -0.970. The molecule has 20 heavy (non-hydrogen) atoms. The van der Waals surface area contributed by atoms with Gasteiger partial charge in [0.05, 0.1) is 6.61 Å². The summed E-state index contributed by atoms with van der Waals surface area (Å²) in [5.41, 5.74) is 0. The van der Waals surface area contributed by atoms with Crippen LogP contribution in [0.5, 0.6) is 0 Å². The van der Waals surface area contributed by atoms with E-state index < -0.39 is 0 Å². The number of hydrogen-bond acceptors (Lipinski definition) is 2. The highest BCUT2D eigenvalue weighted by Crippen LogP contribution is 2.09.